The van der Waals surface area contributed by atoms with Crippen LogP contribution in [0.2, 0.25) is 0 Å². The van der Waals surface area contributed by atoms with Gasteiger partial charge in [-0.05, 0) is 19.9 Å². The van der Waals surface area contributed by atoms with Crippen LogP contribution in [0.1, 0.15) is 13.3 Å². The maximum absolute atomic E-state index is 9.57. The van der Waals surface area contributed by atoms with Crippen molar-refractivity contribution in [2.75, 3.05) is 13.1 Å². The van der Waals surface area contributed by atoms with Gasteiger partial charge in [0.15, 0.2) is 0 Å². The van der Waals surface area contributed by atoms with Gasteiger partial charge in [-0.25, -0.2) is 0 Å². The van der Waals surface area contributed by atoms with Gasteiger partial charge in [0.05, 0.1) is 17.6 Å². The molecule has 1 aliphatic rings. The standard InChI is InChI=1S/C7H12N2O/c1-7(10)2-3-9-5-6(7)4-8/h6,9-10H,2-3,5H2,1H3/t6-,7-/m1/s1. The van der Waals surface area contributed by atoms with Gasteiger partial charge in [-0.2, -0.15) is 5.26 Å². The molecule has 1 fully saturated rings. The van der Waals surface area contributed by atoms with Crippen LogP contribution in [0.5, 0.6) is 0 Å². The number of hydrogen-bond acceptors (Lipinski definition) is 3. The molecule has 0 radical (unpaired) electrons. The summed E-state index contributed by atoms with van der Waals surface area (Å²) in [6, 6.07) is 2.08. The summed E-state index contributed by atoms with van der Waals surface area (Å²) in [5.41, 5.74) is -0.778. The van der Waals surface area contributed by atoms with E-state index in [2.05, 4.69) is 11.4 Å². The monoisotopic (exact) mass is 140 g/mol. The Hall–Kier alpha value is -0.590. The molecule has 0 amide bonds. The highest BCUT2D eigenvalue weighted by molar-refractivity contribution is 5.00. The molecule has 0 spiro atoms. The quantitative estimate of drug-likeness (QED) is 0.493. The molecule has 0 unspecified atom stereocenters. The van der Waals surface area contributed by atoms with Crippen molar-refractivity contribution in [2.45, 2.75) is 18.9 Å². The fraction of sp³-hybridized carbons (Fsp3) is 0.857. The lowest BCUT2D eigenvalue weighted by Gasteiger charge is -2.32. The number of aliphatic hydroxyl groups is 1. The van der Waals surface area contributed by atoms with Crippen molar-refractivity contribution in [2.24, 2.45) is 5.92 Å². The second-order valence-electron chi connectivity index (χ2n) is 2.99. The molecule has 3 heteroatoms. The van der Waals surface area contributed by atoms with Crippen molar-refractivity contribution in [1.29, 1.82) is 5.26 Å². The van der Waals surface area contributed by atoms with Gasteiger partial charge >= 0.3 is 0 Å². The Balaban J connectivity index is 2.62. The molecule has 3 nitrogen and oxygen atoms in total. The van der Waals surface area contributed by atoms with Crippen LogP contribution in [-0.2, 0) is 0 Å². The van der Waals surface area contributed by atoms with E-state index in [1.807, 2.05) is 0 Å². The largest absolute Gasteiger partial charge is 0.389 e. The molecular weight excluding hydrogens is 128 g/mol. The van der Waals surface area contributed by atoms with Crippen LogP contribution < -0.4 is 5.32 Å². The number of nitrogens with one attached hydrogen (secondary N) is 1. The Morgan fingerprint density at radius 2 is 2.50 bits per heavy atom. The van der Waals surface area contributed by atoms with Crippen LogP contribution in [0.25, 0.3) is 0 Å². The van der Waals surface area contributed by atoms with Gasteiger partial charge in [0.2, 0.25) is 0 Å². The zero-order valence-electron chi connectivity index (χ0n) is 6.09. The second kappa shape index (κ2) is 2.57. The first-order chi connectivity index (χ1) is 4.67. The lowest BCUT2D eigenvalue weighted by Crippen LogP contribution is -2.47. The van der Waals surface area contributed by atoms with Gasteiger partial charge in [-0.3, -0.25) is 0 Å². The average Bonchev–Trinajstić information content (AvgIpc) is 1.87. The first kappa shape index (κ1) is 7.52. The van der Waals surface area contributed by atoms with Crippen molar-refractivity contribution >= 4 is 0 Å². The molecule has 0 saturated carbocycles. The van der Waals surface area contributed by atoms with Gasteiger partial charge in [-0.1, -0.05) is 0 Å². The van der Waals surface area contributed by atoms with Gasteiger partial charge in [0.25, 0.3) is 0 Å². The topological polar surface area (TPSA) is 56.0 Å². The highest BCUT2D eigenvalue weighted by Crippen LogP contribution is 2.22. The van der Waals surface area contributed by atoms with Crippen molar-refractivity contribution in [3.05, 3.63) is 0 Å². The molecule has 10 heavy (non-hydrogen) atoms. The van der Waals surface area contributed by atoms with Crippen LogP contribution in [-0.4, -0.2) is 23.8 Å². The summed E-state index contributed by atoms with van der Waals surface area (Å²) in [7, 11) is 0. The molecule has 56 valence electrons. The van der Waals surface area contributed by atoms with Gasteiger partial charge in [0.1, 0.15) is 0 Å². The normalized spacial score (nSPS) is 40.7. The summed E-state index contributed by atoms with van der Waals surface area (Å²) in [6.07, 6.45) is 0.672. The lowest BCUT2D eigenvalue weighted by molar-refractivity contribution is -0.00170. The highest BCUT2D eigenvalue weighted by Gasteiger charge is 2.34. The summed E-state index contributed by atoms with van der Waals surface area (Å²) in [4.78, 5) is 0. The van der Waals surface area contributed by atoms with Crippen LogP contribution in [0, 0.1) is 17.2 Å². The number of nitrogens with zero attached hydrogens (tertiary/aromatic N) is 1. The predicted octanol–water partition coefficient (Wildman–Crippen LogP) is -0.130. The van der Waals surface area contributed by atoms with Crippen molar-refractivity contribution in [3.63, 3.8) is 0 Å². The Kier molecular flexibility index (Phi) is 1.93. The van der Waals surface area contributed by atoms with Crippen LogP contribution in [0.3, 0.4) is 0 Å². The molecule has 1 rings (SSSR count). The first-order valence-corrected chi connectivity index (χ1v) is 3.49. The molecular formula is C7H12N2O. The smallest absolute Gasteiger partial charge is 0.0872 e. The summed E-state index contributed by atoms with van der Waals surface area (Å²) in [5.74, 6) is -0.249. The van der Waals surface area contributed by atoms with Crippen LogP contribution in [0.15, 0.2) is 0 Å². The van der Waals surface area contributed by atoms with E-state index in [1.54, 1.807) is 6.92 Å². The predicted molar refractivity (Wildman–Crippen MR) is 37.2 cm³/mol. The molecule has 0 aromatic rings. The Morgan fingerprint density at radius 1 is 1.80 bits per heavy atom. The van der Waals surface area contributed by atoms with Crippen LogP contribution in [0.4, 0.5) is 0 Å². The number of hydrogen-bond donors (Lipinski definition) is 2. The zero-order chi connectivity index (χ0) is 7.61. The van der Waals surface area contributed by atoms with Crippen molar-refractivity contribution < 1.29 is 5.11 Å². The van der Waals surface area contributed by atoms with Gasteiger partial charge in [0, 0.05) is 6.54 Å². The van der Waals surface area contributed by atoms with Crippen molar-refractivity contribution in [1.82, 2.24) is 5.32 Å². The third kappa shape index (κ3) is 1.28. The molecule has 1 aliphatic heterocycles. The van der Waals surface area contributed by atoms with E-state index in [0.29, 0.717) is 13.0 Å². The first-order valence-electron chi connectivity index (χ1n) is 3.49. The maximum Gasteiger partial charge on any atom is 0.0872 e. The van der Waals surface area contributed by atoms with Gasteiger partial charge in [-0.15, -0.1) is 0 Å². The highest BCUT2D eigenvalue weighted by atomic mass is 16.3. The molecule has 0 aromatic heterocycles. The van der Waals surface area contributed by atoms with E-state index >= 15 is 0 Å². The molecule has 2 N–H and O–H groups in total. The van der Waals surface area contributed by atoms with E-state index in [-0.39, 0.29) is 5.92 Å². The summed E-state index contributed by atoms with van der Waals surface area (Å²) in [5, 5.41) is 21.2. The molecule has 2 atom stereocenters. The minimum Gasteiger partial charge on any atom is -0.389 e. The molecule has 1 heterocycles. The number of nitriles is 1. The summed E-state index contributed by atoms with van der Waals surface area (Å²) >= 11 is 0. The third-order valence-electron chi connectivity index (χ3n) is 2.06. The average molecular weight is 140 g/mol. The molecule has 0 aliphatic carbocycles. The van der Waals surface area contributed by atoms with E-state index in [4.69, 9.17) is 5.26 Å². The fourth-order valence-corrected chi connectivity index (χ4v) is 1.17. The van der Waals surface area contributed by atoms with E-state index in [0.717, 1.165) is 6.54 Å². The number of piperidine rings is 1. The fourth-order valence-electron chi connectivity index (χ4n) is 1.17. The summed E-state index contributed by atoms with van der Waals surface area (Å²) in [6.45, 7) is 3.15. The Labute approximate surface area is 60.7 Å². The third-order valence-corrected chi connectivity index (χ3v) is 2.06. The van der Waals surface area contributed by atoms with Crippen molar-refractivity contribution in [3.8, 4) is 6.07 Å². The number of rotatable bonds is 0. The molecule has 0 aromatic carbocycles. The Bertz CT molecular complexity index is 159. The summed E-state index contributed by atoms with van der Waals surface area (Å²) < 4.78 is 0. The second-order valence-corrected chi connectivity index (χ2v) is 2.99. The lowest BCUT2D eigenvalue weighted by atomic mass is 9.84. The molecule has 0 bridgehead atoms. The van der Waals surface area contributed by atoms with E-state index in [1.165, 1.54) is 0 Å². The van der Waals surface area contributed by atoms with E-state index < -0.39 is 5.60 Å². The van der Waals surface area contributed by atoms with E-state index in [9.17, 15) is 5.11 Å². The minimum atomic E-state index is -0.778. The maximum atomic E-state index is 9.57. The SMILES string of the molecule is C[C@@]1(O)CCNC[C@H]1C#N. The molecule has 1 saturated heterocycles. The zero-order valence-corrected chi connectivity index (χ0v) is 6.09. The minimum absolute atomic E-state index is 0.249. The van der Waals surface area contributed by atoms with Gasteiger partial charge < -0.3 is 10.4 Å². The van der Waals surface area contributed by atoms with Crippen LogP contribution >= 0.6 is 0 Å². The Morgan fingerprint density at radius 3 is 2.90 bits per heavy atom.